The molecule has 0 unspecified atom stereocenters. The molecule has 5 heteroatoms. The van der Waals surface area contributed by atoms with E-state index in [1.54, 1.807) is 12.1 Å². The van der Waals surface area contributed by atoms with Crippen molar-refractivity contribution in [2.45, 2.75) is 102 Å². The van der Waals surface area contributed by atoms with E-state index in [1.807, 2.05) is 0 Å². The molecule has 0 spiro atoms. The fourth-order valence-corrected chi connectivity index (χ4v) is 4.07. The van der Waals surface area contributed by atoms with E-state index in [1.165, 1.54) is 83.8 Å². The fourth-order valence-electron chi connectivity index (χ4n) is 4.07. The molecule has 160 valence electrons. The molecule has 0 radical (unpaired) electrons. The summed E-state index contributed by atoms with van der Waals surface area (Å²) in [5, 5.41) is 9.13. The molecule has 5 nitrogen and oxygen atoms in total. The van der Waals surface area contributed by atoms with Gasteiger partial charge in [0.25, 0.3) is 0 Å². The number of ether oxygens (including phenoxy) is 2. The lowest BCUT2D eigenvalue weighted by Gasteiger charge is -2.18. The second kappa shape index (κ2) is 14.0. The quantitative estimate of drug-likeness (QED) is 0.387. The zero-order valence-corrected chi connectivity index (χ0v) is 18.0. The number of hydrogen-bond donors (Lipinski definition) is 0. The van der Waals surface area contributed by atoms with E-state index in [0.29, 0.717) is 11.3 Å². The first-order valence-corrected chi connectivity index (χ1v) is 11.5. The Hall–Kier alpha value is -2.09. The monoisotopic (exact) mass is 401 g/mol. The largest absolute Gasteiger partial charge is 0.489 e. The summed E-state index contributed by atoms with van der Waals surface area (Å²) in [6, 6.07) is 4.80. The minimum absolute atomic E-state index is 0.0352. The first kappa shape index (κ1) is 23.2. The Bertz CT molecular complexity index is 638. The van der Waals surface area contributed by atoms with Crippen LogP contribution in [-0.4, -0.2) is 19.2 Å². The fraction of sp³-hybridized carbons (Fsp3) is 0.708. The van der Waals surface area contributed by atoms with Crippen LogP contribution in [0.15, 0.2) is 18.2 Å². The van der Waals surface area contributed by atoms with Crippen LogP contribution in [0.1, 0.15) is 107 Å². The smallest absolute Gasteiger partial charge is 0.427 e. The average molecular weight is 402 g/mol. The van der Waals surface area contributed by atoms with E-state index < -0.39 is 0 Å². The minimum atomic E-state index is -0.350. The number of carbonyl (C=O) groups is 1. The van der Waals surface area contributed by atoms with Crippen LogP contribution < -0.4 is 4.74 Å². The van der Waals surface area contributed by atoms with Crippen LogP contribution in [0.5, 0.6) is 5.75 Å². The normalized spacial score (nSPS) is 18.5. The molecule has 1 saturated carbocycles. The van der Waals surface area contributed by atoms with Crippen LogP contribution in [0.2, 0.25) is 0 Å². The van der Waals surface area contributed by atoms with Crippen molar-refractivity contribution < 1.29 is 14.3 Å². The molecule has 29 heavy (non-hydrogen) atoms. The molecule has 1 aromatic carbocycles. The lowest BCUT2D eigenvalue weighted by atomic mass is 10.00. The topological polar surface area (TPSA) is 63.7 Å². The Labute approximate surface area is 175 Å². The Morgan fingerprint density at radius 1 is 0.862 bits per heavy atom. The van der Waals surface area contributed by atoms with Crippen LogP contribution in [0, 0.1) is 5.39 Å². The van der Waals surface area contributed by atoms with Gasteiger partial charge in [0.2, 0.25) is 11.1 Å². The zero-order valence-electron chi connectivity index (χ0n) is 18.0. The summed E-state index contributed by atoms with van der Waals surface area (Å²) in [5.41, 5.74) is 0.630. The zero-order chi connectivity index (χ0) is 20.7. The van der Waals surface area contributed by atoms with Crippen molar-refractivity contribution in [1.82, 2.24) is 0 Å². The van der Waals surface area contributed by atoms with Gasteiger partial charge in [0, 0.05) is 0 Å². The van der Waals surface area contributed by atoms with E-state index in [0.717, 1.165) is 25.7 Å². The van der Waals surface area contributed by atoms with Crippen molar-refractivity contribution in [2.24, 2.45) is 0 Å². The summed E-state index contributed by atoms with van der Waals surface area (Å²) < 4.78 is 11.0. The third-order valence-corrected chi connectivity index (χ3v) is 5.85. The molecule has 1 aliphatic carbocycles. The molecule has 1 fully saturated rings. The third-order valence-electron chi connectivity index (χ3n) is 5.85. The van der Waals surface area contributed by atoms with Crippen LogP contribution in [0.4, 0.5) is 5.69 Å². The lowest BCUT2D eigenvalue weighted by molar-refractivity contribution is 0.0249. The van der Waals surface area contributed by atoms with Crippen molar-refractivity contribution in [3.8, 4) is 5.75 Å². The standard InChI is InChI=1S/C24H37N2O3/c1-28-23-18-17-20(19-22(23)26-25)24(27)29-21-15-13-11-9-7-5-3-2-4-6-8-10-12-14-16-21/h17-19,21H,2-16H2,1H3/q+1. The highest BCUT2D eigenvalue weighted by Crippen LogP contribution is 2.29. The van der Waals surface area contributed by atoms with Gasteiger partial charge in [-0.1, -0.05) is 70.6 Å². The average Bonchev–Trinajstić information content (AvgIpc) is 2.74. The highest BCUT2D eigenvalue weighted by atomic mass is 16.5. The first-order valence-electron chi connectivity index (χ1n) is 11.5. The molecule has 0 aromatic heterocycles. The Morgan fingerprint density at radius 2 is 1.34 bits per heavy atom. The van der Waals surface area contributed by atoms with E-state index in [-0.39, 0.29) is 17.8 Å². The van der Waals surface area contributed by atoms with E-state index >= 15 is 0 Å². The predicted molar refractivity (Wildman–Crippen MR) is 116 cm³/mol. The SMILES string of the molecule is COc1ccc(C(=O)OC2CCCCCCCCCCCCCCC2)cc1[N+]#N. The van der Waals surface area contributed by atoms with Gasteiger partial charge in [-0.3, -0.25) is 0 Å². The Balaban J connectivity index is 1.91. The second-order valence-corrected chi connectivity index (χ2v) is 8.19. The van der Waals surface area contributed by atoms with Crippen LogP contribution in [0.3, 0.4) is 0 Å². The summed E-state index contributed by atoms with van der Waals surface area (Å²) in [4.78, 5) is 15.9. The van der Waals surface area contributed by atoms with Crippen molar-refractivity contribution >= 4 is 11.7 Å². The van der Waals surface area contributed by atoms with E-state index in [9.17, 15) is 4.79 Å². The molecule has 2 rings (SSSR count). The number of carbonyl (C=O) groups excluding carboxylic acids is 1. The molecule has 1 aromatic rings. The lowest BCUT2D eigenvalue weighted by Crippen LogP contribution is -2.18. The van der Waals surface area contributed by atoms with Crippen molar-refractivity contribution in [1.29, 1.82) is 5.39 Å². The number of benzene rings is 1. The summed E-state index contributed by atoms with van der Waals surface area (Å²) in [6.45, 7) is 0. The molecule has 1 aliphatic rings. The molecular formula is C24H37N2O3+. The van der Waals surface area contributed by atoms with Gasteiger partial charge < -0.3 is 9.47 Å². The van der Waals surface area contributed by atoms with Gasteiger partial charge in [-0.15, -0.1) is 0 Å². The maximum atomic E-state index is 12.7. The summed E-state index contributed by atoms with van der Waals surface area (Å²) in [5.74, 6) is 0.0747. The number of diazo groups is 1. The van der Waals surface area contributed by atoms with E-state index in [4.69, 9.17) is 14.9 Å². The highest BCUT2D eigenvalue weighted by molar-refractivity contribution is 5.91. The maximum absolute atomic E-state index is 12.7. The number of esters is 1. The van der Waals surface area contributed by atoms with Crippen LogP contribution in [0.25, 0.3) is 4.98 Å². The maximum Gasteiger partial charge on any atom is 0.427 e. The Kier molecular flexibility index (Phi) is 11.2. The molecule has 0 N–H and O–H groups in total. The molecule has 0 bridgehead atoms. The number of hydrogen-bond acceptors (Lipinski definition) is 4. The highest BCUT2D eigenvalue weighted by Gasteiger charge is 2.21. The number of methoxy groups -OCH3 is 1. The molecular weight excluding hydrogens is 364 g/mol. The van der Waals surface area contributed by atoms with Crippen LogP contribution >= 0.6 is 0 Å². The van der Waals surface area contributed by atoms with E-state index in [2.05, 4.69) is 4.98 Å². The van der Waals surface area contributed by atoms with Gasteiger partial charge in [-0.05, 0) is 37.8 Å². The van der Waals surface area contributed by atoms with Gasteiger partial charge >= 0.3 is 11.7 Å². The van der Waals surface area contributed by atoms with Crippen molar-refractivity contribution in [2.75, 3.05) is 7.11 Å². The Morgan fingerprint density at radius 3 is 1.79 bits per heavy atom. The summed E-state index contributed by atoms with van der Waals surface area (Å²) >= 11 is 0. The van der Waals surface area contributed by atoms with Gasteiger partial charge in [-0.25, -0.2) is 4.79 Å². The van der Waals surface area contributed by atoms with Gasteiger partial charge in [-0.2, -0.15) is 0 Å². The van der Waals surface area contributed by atoms with Crippen molar-refractivity contribution in [3.05, 3.63) is 28.7 Å². The minimum Gasteiger partial charge on any atom is -0.489 e. The molecule has 0 heterocycles. The summed E-state index contributed by atoms with van der Waals surface area (Å²) in [7, 11) is 1.50. The number of nitrogens with zero attached hydrogens (tertiary/aromatic N) is 2. The second-order valence-electron chi connectivity index (χ2n) is 8.19. The molecule has 0 saturated heterocycles. The third kappa shape index (κ3) is 8.85. The summed E-state index contributed by atoms with van der Waals surface area (Å²) in [6.07, 6.45) is 18.5. The number of rotatable bonds is 3. The van der Waals surface area contributed by atoms with Gasteiger partial charge in [0.15, 0.2) is 4.98 Å². The van der Waals surface area contributed by atoms with Gasteiger partial charge in [0.05, 0.1) is 18.7 Å². The van der Waals surface area contributed by atoms with Crippen molar-refractivity contribution in [3.63, 3.8) is 0 Å². The molecule has 0 aliphatic heterocycles. The first-order chi connectivity index (χ1) is 14.2. The molecule has 0 atom stereocenters. The predicted octanol–water partition coefficient (Wildman–Crippen LogP) is 7.57. The van der Waals surface area contributed by atoms with Crippen LogP contribution in [-0.2, 0) is 4.74 Å². The van der Waals surface area contributed by atoms with Gasteiger partial charge in [0.1, 0.15) is 6.10 Å². The molecule has 0 amide bonds.